The predicted molar refractivity (Wildman–Crippen MR) is 44.6 cm³/mol. The first-order valence-electron chi connectivity index (χ1n) is 3.90. The van der Waals surface area contributed by atoms with E-state index in [-0.39, 0.29) is 12.8 Å². The number of nitrogens with one attached hydrogen (secondary N) is 1. The van der Waals surface area contributed by atoms with E-state index in [0.29, 0.717) is 12.8 Å². The molecule has 0 bridgehead atoms. The first-order valence-corrected chi connectivity index (χ1v) is 3.90. The Morgan fingerprint density at radius 2 is 2.00 bits per heavy atom. The molecule has 0 aliphatic rings. The standard InChI is InChI=1S/C6H11N3O5/c10-6(8-12)4-2-1-3-5(7-11)9(13)14/h11-12H,1-4H2,(H,8,10)/b7-5-. The van der Waals surface area contributed by atoms with Gasteiger partial charge < -0.3 is 15.3 Å². The van der Waals surface area contributed by atoms with Crippen LogP contribution in [0.5, 0.6) is 0 Å². The van der Waals surface area contributed by atoms with Crippen molar-refractivity contribution in [3.63, 3.8) is 0 Å². The normalized spacial score (nSPS) is 11.1. The molecule has 0 rings (SSSR count). The van der Waals surface area contributed by atoms with Gasteiger partial charge in [0.25, 0.3) is 0 Å². The molecule has 0 aromatic heterocycles. The number of amidine groups is 1. The van der Waals surface area contributed by atoms with Crippen LogP contribution in [0.25, 0.3) is 0 Å². The van der Waals surface area contributed by atoms with Crippen molar-refractivity contribution in [3.8, 4) is 0 Å². The third-order valence-electron chi connectivity index (χ3n) is 1.51. The molecule has 0 aromatic rings. The van der Waals surface area contributed by atoms with Crippen molar-refractivity contribution in [2.45, 2.75) is 25.7 Å². The Morgan fingerprint density at radius 1 is 1.43 bits per heavy atom. The third kappa shape index (κ3) is 5.04. The average molecular weight is 205 g/mol. The summed E-state index contributed by atoms with van der Waals surface area (Å²) in [5.74, 6) is -1.08. The first kappa shape index (κ1) is 12.3. The zero-order valence-corrected chi connectivity index (χ0v) is 7.34. The summed E-state index contributed by atoms with van der Waals surface area (Å²) in [6.45, 7) is 0. The van der Waals surface area contributed by atoms with Crippen LogP contribution in [0.2, 0.25) is 0 Å². The number of carbonyl (C=O) groups is 1. The lowest BCUT2D eigenvalue weighted by Crippen LogP contribution is -2.18. The largest absolute Gasteiger partial charge is 0.385 e. The van der Waals surface area contributed by atoms with Gasteiger partial charge >= 0.3 is 5.84 Å². The predicted octanol–water partition coefficient (Wildman–Crippen LogP) is 0.117. The van der Waals surface area contributed by atoms with Crippen molar-refractivity contribution in [1.82, 2.24) is 5.48 Å². The summed E-state index contributed by atoms with van der Waals surface area (Å²) in [6, 6.07) is 0. The minimum absolute atomic E-state index is 0.0117. The zero-order valence-electron chi connectivity index (χ0n) is 7.34. The summed E-state index contributed by atoms with van der Waals surface area (Å²) >= 11 is 0. The lowest BCUT2D eigenvalue weighted by Gasteiger charge is -1.97. The second-order valence-corrected chi connectivity index (χ2v) is 2.52. The maximum atomic E-state index is 10.5. The number of rotatable bonds is 5. The fourth-order valence-electron chi connectivity index (χ4n) is 0.802. The lowest BCUT2D eigenvalue weighted by atomic mass is 10.2. The number of hydrogen-bond donors (Lipinski definition) is 3. The van der Waals surface area contributed by atoms with Gasteiger partial charge in [0, 0.05) is 6.42 Å². The van der Waals surface area contributed by atoms with Gasteiger partial charge in [-0.05, 0) is 17.8 Å². The van der Waals surface area contributed by atoms with Crippen LogP contribution in [0.15, 0.2) is 5.16 Å². The highest BCUT2D eigenvalue weighted by Crippen LogP contribution is 2.01. The van der Waals surface area contributed by atoms with Gasteiger partial charge in [0.15, 0.2) is 0 Å². The molecule has 14 heavy (non-hydrogen) atoms. The fourth-order valence-corrected chi connectivity index (χ4v) is 0.802. The van der Waals surface area contributed by atoms with Crippen molar-refractivity contribution >= 4 is 11.7 Å². The maximum absolute atomic E-state index is 10.5. The summed E-state index contributed by atoms with van der Waals surface area (Å²) < 4.78 is 0. The van der Waals surface area contributed by atoms with Crippen LogP contribution in [0.3, 0.4) is 0 Å². The van der Waals surface area contributed by atoms with Crippen molar-refractivity contribution < 1.29 is 20.1 Å². The molecule has 0 saturated heterocycles. The summed E-state index contributed by atoms with van der Waals surface area (Å²) in [7, 11) is 0. The minimum Gasteiger partial charge on any atom is -0.358 e. The van der Waals surface area contributed by atoms with Gasteiger partial charge in [-0.15, -0.1) is 0 Å². The van der Waals surface area contributed by atoms with E-state index in [1.54, 1.807) is 0 Å². The summed E-state index contributed by atoms with van der Waals surface area (Å²) in [6.07, 6.45) is 0.780. The molecule has 0 radical (unpaired) electrons. The number of oxime groups is 1. The molecule has 0 unspecified atom stereocenters. The molecule has 0 aromatic carbocycles. The Labute approximate surface area is 79.3 Å². The van der Waals surface area contributed by atoms with E-state index in [0.717, 1.165) is 0 Å². The van der Waals surface area contributed by atoms with Crippen LogP contribution in [-0.2, 0) is 4.79 Å². The number of unbranched alkanes of at least 4 members (excludes halogenated alkanes) is 1. The Morgan fingerprint density at radius 3 is 2.43 bits per heavy atom. The van der Waals surface area contributed by atoms with Gasteiger partial charge in [-0.3, -0.25) is 10.0 Å². The average Bonchev–Trinajstić information content (AvgIpc) is 2.16. The molecule has 8 nitrogen and oxygen atoms in total. The van der Waals surface area contributed by atoms with Crippen LogP contribution in [0.1, 0.15) is 25.7 Å². The quantitative estimate of drug-likeness (QED) is 0.112. The SMILES string of the molecule is O=C(CCCC/C(=N/O)[N+](=O)[O-])NO. The molecule has 0 aliphatic carbocycles. The monoisotopic (exact) mass is 205 g/mol. The van der Waals surface area contributed by atoms with E-state index >= 15 is 0 Å². The van der Waals surface area contributed by atoms with E-state index in [1.807, 2.05) is 0 Å². The molecule has 3 N–H and O–H groups in total. The maximum Gasteiger partial charge on any atom is 0.385 e. The lowest BCUT2D eigenvalue weighted by molar-refractivity contribution is -0.355. The van der Waals surface area contributed by atoms with Gasteiger partial charge in [-0.1, -0.05) is 0 Å². The molecule has 0 spiro atoms. The molecule has 0 fully saturated rings. The van der Waals surface area contributed by atoms with E-state index in [4.69, 9.17) is 10.4 Å². The van der Waals surface area contributed by atoms with Gasteiger partial charge in [-0.2, -0.15) is 0 Å². The van der Waals surface area contributed by atoms with E-state index in [2.05, 4.69) is 5.16 Å². The number of carbonyl (C=O) groups excluding carboxylic acids is 1. The number of hydrogen-bond acceptors (Lipinski definition) is 6. The van der Waals surface area contributed by atoms with Crippen molar-refractivity contribution in [2.24, 2.45) is 5.16 Å². The van der Waals surface area contributed by atoms with Crippen LogP contribution in [0.4, 0.5) is 0 Å². The highest BCUT2D eigenvalue weighted by molar-refractivity contribution is 5.75. The molecular formula is C6H11N3O5. The van der Waals surface area contributed by atoms with Crippen molar-refractivity contribution in [2.75, 3.05) is 0 Å². The number of amides is 1. The van der Waals surface area contributed by atoms with E-state index in [9.17, 15) is 14.9 Å². The Kier molecular flexibility index (Phi) is 5.95. The molecular weight excluding hydrogens is 194 g/mol. The van der Waals surface area contributed by atoms with Crippen LogP contribution >= 0.6 is 0 Å². The fraction of sp³-hybridized carbons (Fsp3) is 0.667. The van der Waals surface area contributed by atoms with Crippen LogP contribution in [-0.4, -0.2) is 27.1 Å². The molecule has 0 saturated carbocycles. The topological polar surface area (TPSA) is 125 Å². The van der Waals surface area contributed by atoms with Gasteiger partial charge in [0.2, 0.25) is 5.91 Å². The second-order valence-electron chi connectivity index (χ2n) is 2.52. The minimum atomic E-state index is -0.786. The molecule has 0 atom stereocenters. The highest BCUT2D eigenvalue weighted by Gasteiger charge is 2.12. The van der Waals surface area contributed by atoms with Crippen LogP contribution in [0, 0.1) is 10.1 Å². The molecule has 0 aliphatic heterocycles. The molecule has 0 heterocycles. The summed E-state index contributed by atoms with van der Waals surface area (Å²) in [5, 5.41) is 28.9. The number of nitrogens with zero attached hydrogens (tertiary/aromatic N) is 2. The Balaban J connectivity index is 3.63. The second kappa shape index (κ2) is 6.78. The van der Waals surface area contributed by atoms with Gasteiger partial charge in [0.1, 0.15) is 5.16 Å². The third-order valence-corrected chi connectivity index (χ3v) is 1.51. The molecule has 80 valence electrons. The van der Waals surface area contributed by atoms with Crippen molar-refractivity contribution in [1.29, 1.82) is 0 Å². The smallest absolute Gasteiger partial charge is 0.358 e. The van der Waals surface area contributed by atoms with Gasteiger partial charge in [0.05, 0.1) is 6.42 Å². The molecule has 8 heteroatoms. The van der Waals surface area contributed by atoms with E-state index in [1.165, 1.54) is 5.48 Å². The van der Waals surface area contributed by atoms with Gasteiger partial charge in [-0.25, -0.2) is 5.48 Å². The number of nitro groups is 1. The number of hydroxylamine groups is 1. The zero-order chi connectivity index (χ0) is 11.0. The Bertz CT molecular complexity index is 240. The van der Waals surface area contributed by atoms with Crippen LogP contribution < -0.4 is 5.48 Å². The Hall–Kier alpha value is -1.70. The first-order chi connectivity index (χ1) is 6.61. The highest BCUT2D eigenvalue weighted by atomic mass is 16.6. The molecule has 1 amide bonds. The van der Waals surface area contributed by atoms with E-state index < -0.39 is 16.7 Å². The summed E-state index contributed by atoms with van der Waals surface area (Å²) in [5.41, 5.74) is 1.44. The van der Waals surface area contributed by atoms with Crippen molar-refractivity contribution in [3.05, 3.63) is 10.1 Å². The summed E-state index contributed by atoms with van der Waals surface area (Å²) in [4.78, 5) is 19.8.